The van der Waals surface area contributed by atoms with Gasteiger partial charge in [-0.15, -0.1) is 0 Å². The highest BCUT2D eigenvalue weighted by molar-refractivity contribution is 5.77. The molecule has 0 radical (unpaired) electrons. The van der Waals surface area contributed by atoms with Gasteiger partial charge in [0.2, 0.25) is 5.91 Å². The van der Waals surface area contributed by atoms with Crippen LogP contribution in [0, 0.1) is 0 Å². The molecular formula is C20H27N5O3. The van der Waals surface area contributed by atoms with Gasteiger partial charge in [0.15, 0.2) is 11.5 Å². The number of benzene rings is 1. The SMILES string of the molecule is COc1ccc(C(N)CC(=O)N2CCc3c(ncnc3N(C)C)C2)cc1OC. The third-order valence-corrected chi connectivity index (χ3v) is 4.99. The molecule has 1 aromatic heterocycles. The van der Waals surface area contributed by atoms with Crippen LogP contribution in [0.25, 0.3) is 0 Å². The second kappa shape index (κ2) is 8.43. The predicted molar refractivity (Wildman–Crippen MR) is 107 cm³/mol. The standard InChI is InChI=1S/C20H27N5O3/c1-24(2)20-14-7-8-25(11-16(14)22-12-23-20)19(26)10-15(21)13-5-6-17(27-3)18(9-13)28-4/h5-6,9,12,15H,7-8,10-11,21H2,1-4H3. The minimum Gasteiger partial charge on any atom is -0.493 e. The average molecular weight is 385 g/mol. The molecule has 2 N–H and O–H groups in total. The summed E-state index contributed by atoms with van der Waals surface area (Å²) in [4.78, 5) is 25.3. The summed E-state index contributed by atoms with van der Waals surface area (Å²) >= 11 is 0. The van der Waals surface area contributed by atoms with E-state index in [-0.39, 0.29) is 12.3 Å². The molecule has 0 saturated heterocycles. The molecule has 0 fully saturated rings. The number of nitrogens with two attached hydrogens (primary N) is 1. The van der Waals surface area contributed by atoms with Gasteiger partial charge in [-0.1, -0.05) is 6.07 Å². The molecule has 8 heteroatoms. The molecule has 28 heavy (non-hydrogen) atoms. The number of amides is 1. The maximum Gasteiger partial charge on any atom is 0.224 e. The Morgan fingerprint density at radius 3 is 2.68 bits per heavy atom. The lowest BCUT2D eigenvalue weighted by Crippen LogP contribution is -2.38. The molecule has 0 spiro atoms. The number of fused-ring (bicyclic) bond motifs is 1. The van der Waals surface area contributed by atoms with Crippen LogP contribution in [0.4, 0.5) is 5.82 Å². The van der Waals surface area contributed by atoms with Crippen LogP contribution in [0.15, 0.2) is 24.5 Å². The first kappa shape index (κ1) is 19.9. The Hall–Kier alpha value is -2.87. The molecule has 150 valence electrons. The second-order valence-corrected chi connectivity index (χ2v) is 7.01. The molecule has 1 aliphatic rings. The van der Waals surface area contributed by atoms with E-state index in [2.05, 4.69) is 9.97 Å². The number of carbonyl (C=O) groups excluding carboxylic acids is 1. The van der Waals surface area contributed by atoms with Crippen molar-refractivity contribution in [1.29, 1.82) is 0 Å². The fourth-order valence-electron chi connectivity index (χ4n) is 3.45. The number of aromatic nitrogens is 2. The Balaban J connectivity index is 1.69. The van der Waals surface area contributed by atoms with Crippen LogP contribution in [0.2, 0.25) is 0 Å². The van der Waals surface area contributed by atoms with E-state index in [0.717, 1.165) is 29.1 Å². The molecule has 3 rings (SSSR count). The Bertz CT molecular complexity index is 856. The number of rotatable bonds is 6. The van der Waals surface area contributed by atoms with E-state index in [0.29, 0.717) is 24.6 Å². The zero-order valence-corrected chi connectivity index (χ0v) is 16.8. The van der Waals surface area contributed by atoms with Crippen molar-refractivity contribution in [1.82, 2.24) is 14.9 Å². The summed E-state index contributed by atoms with van der Waals surface area (Å²) in [6.45, 7) is 1.12. The van der Waals surface area contributed by atoms with Crippen LogP contribution in [-0.2, 0) is 17.8 Å². The summed E-state index contributed by atoms with van der Waals surface area (Å²) in [6, 6.07) is 5.06. The molecule has 0 saturated carbocycles. The molecule has 1 atom stereocenters. The number of hydrogen-bond acceptors (Lipinski definition) is 7. The van der Waals surface area contributed by atoms with E-state index in [1.807, 2.05) is 36.0 Å². The molecule has 1 aliphatic heterocycles. The van der Waals surface area contributed by atoms with Crippen LogP contribution in [0.3, 0.4) is 0 Å². The first-order valence-corrected chi connectivity index (χ1v) is 9.20. The van der Waals surface area contributed by atoms with E-state index in [1.54, 1.807) is 26.6 Å². The molecule has 0 bridgehead atoms. The van der Waals surface area contributed by atoms with Gasteiger partial charge >= 0.3 is 0 Å². The summed E-state index contributed by atoms with van der Waals surface area (Å²) in [7, 11) is 7.08. The lowest BCUT2D eigenvalue weighted by atomic mass is 10.0. The third-order valence-electron chi connectivity index (χ3n) is 4.99. The molecule has 0 aliphatic carbocycles. The van der Waals surface area contributed by atoms with Gasteiger partial charge in [-0.25, -0.2) is 9.97 Å². The van der Waals surface area contributed by atoms with E-state index in [9.17, 15) is 4.79 Å². The van der Waals surface area contributed by atoms with Gasteiger partial charge in [0.25, 0.3) is 0 Å². The highest BCUT2D eigenvalue weighted by Crippen LogP contribution is 2.31. The lowest BCUT2D eigenvalue weighted by molar-refractivity contribution is -0.132. The predicted octanol–water partition coefficient (Wildman–Crippen LogP) is 1.53. The topological polar surface area (TPSA) is 93.8 Å². The molecule has 8 nitrogen and oxygen atoms in total. The summed E-state index contributed by atoms with van der Waals surface area (Å²) in [6.07, 6.45) is 2.51. The van der Waals surface area contributed by atoms with E-state index >= 15 is 0 Å². The maximum atomic E-state index is 12.8. The minimum atomic E-state index is -0.420. The van der Waals surface area contributed by atoms with Gasteiger partial charge < -0.3 is 25.0 Å². The van der Waals surface area contributed by atoms with Gasteiger partial charge in [0, 0.05) is 38.7 Å². The van der Waals surface area contributed by atoms with Gasteiger partial charge in [-0.3, -0.25) is 4.79 Å². The van der Waals surface area contributed by atoms with Gasteiger partial charge in [0.05, 0.1) is 26.5 Å². The zero-order chi connectivity index (χ0) is 20.3. The van der Waals surface area contributed by atoms with Gasteiger partial charge in [-0.05, 0) is 24.1 Å². The first-order valence-electron chi connectivity index (χ1n) is 9.20. The van der Waals surface area contributed by atoms with Crippen molar-refractivity contribution < 1.29 is 14.3 Å². The number of methoxy groups -OCH3 is 2. The second-order valence-electron chi connectivity index (χ2n) is 7.01. The highest BCUT2D eigenvalue weighted by atomic mass is 16.5. The number of anilines is 1. The summed E-state index contributed by atoms with van der Waals surface area (Å²) in [5, 5.41) is 0. The van der Waals surface area contributed by atoms with Gasteiger partial charge in [0.1, 0.15) is 12.1 Å². The fourth-order valence-corrected chi connectivity index (χ4v) is 3.45. The molecule has 1 unspecified atom stereocenters. The summed E-state index contributed by atoms with van der Waals surface area (Å²) in [5.74, 6) is 2.16. The van der Waals surface area contributed by atoms with E-state index in [4.69, 9.17) is 15.2 Å². The van der Waals surface area contributed by atoms with Crippen molar-refractivity contribution in [2.75, 3.05) is 39.8 Å². The van der Waals surface area contributed by atoms with Crippen LogP contribution in [0.5, 0.6) is 11.5 Å². The van der Waals surface area contributed by atoms with Crippen LogP contribution < -0.4 is 20.1 Å². The molecule has 1 aromatic carbocycles. The molecule has 1 amide bonds. The fraction of sp³-hybridized carbons (Fsp3) is 0.450. The van der Waals surface area contributed by atoms with Crippen molar-refractivity contribution in [2.24, 2.45) is 5.73 Å². The van der Waals surface area contributed by atoms with Crippen molar-refractivity contribution in [2.45, 2.75) is 25.4 Å². The van der Waals surface area contributed by atoms with Crippen molar-refractivity contribution in [3.63, 3.8) is 0 Å². The Morgan fingerprint density at radius 1 is 1.25 bits per heavy atom. The van der Waals surface area contributed by atoms with Crippen LogP contribution in [-0.4, -0.2) is 55.6 Å². The normalized spacial score (nSPS) is 14.2. The number of hydrogen-bond donors (Lipinski definition) is 1. The Labute approximate surface area is 165 Å². The van der Waals surface area contributed by atoms with Crippen molar-refractivity contribution in [3.05, 3.63) is 41.3 Å². The molecular weight excluding hydrogens is 358 g/mol. The number of carbonyl (C=O) groups is 1. The minimum absolute atomic E-state index is 0.0120. The highest BCUT2D eigenvalue weighted by Gasteiger charge is 2.26. The quantitative estimate of drug-likeness (QED) is 0.806. The average Bonchev–Trinajstić information content (AvgIpc) is 2.71. The number of ether oxygens (including phenoxy) is 2. The van der Waals surface area contributed by atoms with Crippen molar-refractivity contribution in [3.8, 4) is 11.5 Å². The van der Waals surface area contributed by atoms with Crippen LogP contribution >= 0.6 is 0 Å². The monoisotopic (exact) mass is 385 g/mol. The largest absolute Gasteiger partial charge is 0.493 e. The van der Waals surface area contributed by atoms with Gasteiger partial charge in [-0.2, -0.15) is 0 Å². The van der Waals surface area contributed by atoms with E-state index in [1.165, 1.54) is 0 Å². The zero-order valence-electron chi connectivity index (χ0n) is 16.8. The maximum absolute atomic E-state index is 12.8. The van der Waals surface area contributed by atoms with E-state index < -0.39 is 6.04 Å². The third kappa shape index (κ3) is 4.01. The Morgan fingerprint density at radius 2 is 2.00 bits per heavy atom. The van der Waals surface area contributed by atoms with Crippen LogP contribution in [0.1, 0.15) is 29.3 Å². The first-order chi connectivity index (χ1) is 13.4. The number of nitrogens with zero attached hydrogens (tertiary/aromatic N) is 4. The molecule has 2 aromatic rings. The molecule has 2 heterocycles. The smallest absolute Gasteiger partial charge is 0.224 e. The Kier molecular flexibility index (Phi) is 5.99. The van der Waals surface area contributed by atoms with Crippen molar-refractivity contribution >= 4 is 11.7 Å². The summed E-state index contributed by atoms with van der Waals surface area (Å²) < 4.78 is 10.6. The lowest BCUT2D eigenvalue weighted by Gasteiger charge is -2.30. The summed E-state index contributed by atoms with van der Waals surface area (Å²) in [5.41, 5.74) is 9.15.